The lowest BCUT2D eigenvalue weighted by Crippen LogP contribution is -2.25. The summed E-state index contributed by atoms with van der Waals surface area (Å²) >= 11 is 3.00. The first-order valence-corrected chi connectivity index (χ1v) is 35.8. The number of rotatable bonds is 32. The smallest absolute Gasteiger partial charge is 0.330 e. The Labute approximate surface area is 570 Å². The zero-order valence-electron chi connectivity index (χ0n) is 54.5. The largest absolute Gasteiger partial charge is 0.494 e. The molecule has 2 aliphatic carbocycles. The predicted molar refractivity (Wildman–Crippen MR) is 381 cm³/mol. The van der Waals surface area contributed by atoms with Crippen molar-refractivity contribution >= 4 is 66.7 Å². The van der Waals surface area contributed by atoms with Crippen LogP contribution in [0.5, 0.6) is 23.0 Å². The van der Waals surface area contributed by atoms with E-state index in [0.29, 0.717) is 95.6 Å². The molecule has 498 valence electrons. The van der Waals surface area contributed by atoms with Gasteiger partial charge in [0.05, 0.1) is 47.7 Å². The van der Waals surface area contributed by atoms with E-state index in [-0.39, 0.29) is 47.3 Å². The summed E-state index contributed by atoms with van der Waals surface area (Å²) in [4.78, 5) is 54.0. The summed E-state index contributed by atoms with van der Waals surface area (Å²) in [6, 6.07) is 50.1. The molecule has 9 aromatic rings. The van der Waals surface area contributed by atoms with Gasteiger partial charge in [-0.2, -0.15) is 0 Å². The van der Waals surface area contributed by atoms with Crippen LogP contribution in [0, 0.1) is 23.5 Å². The summed E-state index contributed by atoms with van der Waals surface area (Å²) in [5.41, 5.74) is 7.96. The molecule has 10 nitrogen and oxygen atoms in total. The summed E-state index contributed by atoms with van der Waals surface area (Å²) in [5.74, 6) is 0.596. The lowest BCUT2D eigenvalue weighted by atomic mass is 9.79. The monoisotopic (exact) mass is 1330 g/mol. The van der Waals surface area contributed by atoms with Crippen LogP contribution in [-0.2, 0) is 28.7 Å². The summed E-state index contributed by atoms with van der Waals surface area (Å²) in [5, 5.41) is 1.37. The fourth-order valence-electron chi connectivity index (χ4n) is 13.2. The highest BCUT2D eigenvalue weighted by Crippen LogP contribution is 2.54. The fraction of sp³-hybridized carbons (Fsp3) is 0.341. The molecule has 0 amide bonds. The van der Waals surface area contributed by atoms with Crippen molar-refractivity contribution in [1.29, 1.82) is 0 Å². The molecule has 0 aliphatic heterocycles. The molecule has 0 spiro atoms. The minimum Gasteiger partial charge on any atom is -0.494 e. The number of carbonyl (C=O) groups excluding carboxylic acids is 4. The maximum absolute atomic E-state index is 14.9. The minimum absolute atomic E-state index is 0.283. The Kier molecular flexibility index (Phi) is 24.5. The Hall–Kier alpha value is -8.72. The topological polar surface area (TPSA) is 124 Å². The molecule has 0 saturated heterocycles. The number of hydrogen-bond donors (Lipinski definition) is 0. The second-order valence-corrected chi connectivity index (χ2v) is 27.4. The number of benzene rings is 7. The quantitative estimate of drug-likeness (QED) is 0.0174. The Morgan fingerprint density at radius 1 is 0.385 bits per heavy atom. The summed E-state index contributed by atoms with van der Waals surface area (Å²) in [6.07, 6.45) is 20.6. The van der Waals surface area contributed by atoms with Crippen LogP contribution in [0.15, 0.2) is 183 Å². The number of esters is 4. The van der Waals surface area contributed by atoms with E-state index >= 15 is 0 Å². The van der Waals surface area contributed by atoms with Crippen LogP contribution in [0.2, 0.25) is 0 Å². The van der Waals surface area contributed by atoms with Gasteiger partial charge in [-0.3, -0.25) is 9.59 Å². The number of carbonyl (C=O) groups is 4. The second-order valence-electron chi connectivity index (χ2n) is 25.3. The van der Waals surface area contributed by atoms with Gasteiger partial charge in [0.15, 0.2) is 11.5 Å². The summed E-state index contributed by atoms with van der Waals surface area (Å²) < 4.78 is 65.4. The average molecular weight is 1330 g/mol. The maximum atomic E-state index is 14.9. The second kappa shape index (κ2) is 34.3. The van der Waals surface area contributed by atoms with E-state index in [2.05, 4.69) is 73.8 Å². The van der Waals surface area contributed by atoms with Crippen molar-refractivity contribution < 1.29 is 56.4 Å². The van der Waals surface area contributed by atoms with Gasteiger partial charge in [-0.25, -0.2) is 18.4 Å². The predicted octanol–water partition coefficient (Wildman–Crippen LogP) is 21.7. The van der Waals surface area contributed by atoms with Gasteiger partial charge < -0.3 is 28.4 Å². The van der Waals surface area contributed by atoms with Crippen LogP contribution >= 0.6 is 22.7 Å². The van der Waals surface area contributed by atoms with Gasteiger partial charge in [-0.05, 0) is 194 Å². The number of halogens is 2. The standard InChI is InChI=1S/C82H84F2O10S2/c1-3-75(85)91-51-15-11-7-5-9-13-49-89-69-45-37-61(38-46-69)57-21-29-65(30-22-57)81(87)93-77-71-53-73(63-25-17-55(18-26-63)59-33-41-67(83)42-34-59)96-80(71)78(72-54-74(95-79(72)77)64-27-19-56(20-28-64)60-35-43-68(84)44-36-60)94-82(88)66-31-23-58(24-32-66)62-39-47-70(48-40-62)90-50-14-10-6-8-12-16-52-92-76(86)4-2/h3-4,17-20,25-28,33-48,53-54,57-58,65-66H,1-2,5-16,21-24,29-32,49-52H2. The first-order valence-electron chi connectivity index (χ1n) is 34.2. The number of hydrogen-bond acceptors (Lipinski definition) is 12. The van der Waals surface area contributed by atoms with Crippen molar-refractivity contribution in [3.05, 3.63) is 206 Å². The number of fused-ring (bicyclic) bond motifs is 2. The van der Waals surface area contributed by atoms with Gasteiger partial charge in [-0.1, -0.05) is 162 Å². The Bertz CT molecular complexity index is 3730. The highest BCUT2D eigenvalue weighted by molar-refractivity contribution is 7.24. The fourth-order valence-corrected chi connectivity index (χ4v) is 15.5. The molecule has 0 radical (unpaired) electrons. The lowest BCUT2D eigenvalue weighted by Gasteiger charge is -2.28. The molecule has 2 aromatic heterocycles. The SMILES string of the molecule is C=CC(=O)OCCCCCCCCOc1ccc(C2CCC(C(=O)Oc3c4cc(-c5ccc(-c6ccc(F)cc6)cc5)sc4c(OC(=O)C4CCC(c5ccc(OCCCCCCCCOC(=O)C=C)cc5)CC4)c4cc(-c5ccc(-c6ccc(F)cc6)cc5)sc34)CC2)cc1. The van der Waals surface area contributed by atoms with Crippen LogP contribution in [0.1, 0.15) is 151 Å². The van der Waals surface area contributed by atoms with E-state index in [0.717, 1.165) is 157 Å². The van der Waals surface area contributed by atoms with Crippen molar-refractivity contribution in [3.63, 3.8) is 0 Å². The molecule has 11 rings (SSSR count). The van der Waals surface area contributed by atoms with Crippen molar-refractivity contribution in [2.24, 2.45) is 11.8 Å². The highest BCUT2D eigenvalue weighted by Gasteiger charge is 2.34. The molecule has 2 aliphatic rings. The molecule has 7 aromatic carbocycles. The van der Waals surface area contributed by atoms with Crippen LogP contribution in [0.4, 0.5) is 8.78 Å². The van der Waals surface area contributed by atoms with Crippen LogP contribution in [0.25, 0.3) is 63.3 Å². The first-order chi connectivity index (χ1) is 47.0. The van der Waals surface area contributed by atoms with E-state index in [1.54, 1.807) is 24.3 Å². The van der Waals surface area contributed by atoms with E-state index in [4.69, 9.17) is 28.4 Å². The average Bonchev–Trinajstić information content (AvgIpc) is 1.56. The van der Waals surface area contributed by atoms with Crippen molar-refractivity contribution in [3.8, 4) is 66.1 Å². The zero-order valence-corrected chi connectivity index (χ0v) is 56.1. The first kappa shape index (κ1) is 68.7. The number of thiophene rings is 2. The molecule has 2 fully saturated rings. The van der Waals surface area contributed by atoms with Crippen LogP contribution in [-0.4, -0.2) is 50.3 Å². The molecule has 2 heterocycles. The third-order valence-corrected chi connectivity index (χ3v) is 21.1. The zero-order chi connectivity index (χ0) is 66.6. The molecule has 0 atom stereocenters. The van der Waals surface area contributed by atoms with Gasteiger partial charge in [0.1, 0.15) is 23.1 Å². The van der Waals surface area contributed by atoms with Gasteiger partial charge in [0.25, 0.3) is 0 Å². The maximum Gasteiger partial charge on any atom is 0.330 e. The van der Waals surface area contributed by atoms with Crippen molar-refractivity contribution in [2.75, 3.05) is 26.4 Å². The lowest BCUT2D eigenvalue weighted by molar-refractivity contribution is -0.140. The third-order valence-electron chi connectivity index (χ3n) is 18.7. The van der Waals surface area contributed by atoms with Crippen molar-refractivity contribution in [1.82, 2.24) is 0 Å². The van der Waals surface area contributed by atoms with Crippen LogP contribution < -0.4 is 18.9 Å². The normalized spacial score (nSPS) is 16.2. The molecule has 14 heteroatoms. The molecule has 0 N–H and O–H groups in total. The Balaban J connectivity index is 0.794. The third kappa shape index (κ3) is 18.4. The summed E-state index contributed by atoms with van der Waals surface area (Å²) in [6.45, 7) is 9.02. The van der Waals surface area contributed by atoms with Gasteiger partial charge in [0.2, 0.25) is 0 Å². The minimum atomic E-state index is -0.374. The molecule has 2 saturated carbocycles. The molecular weight excluding hydrogens is 1250 g/mol. The number of ether oxygens (including phenoxy) is 6. The Morgan fingerprint density at radius 2 is 0.688 bits per heavy atom. The van der Waals surface area contributed by atoms with Gasteiger partial charge in [0, 0.05) is 32.7 Å². The van der Waals surface area contributed by atoms with E-state index in [9.17, 15) is 28.0 Å². The van der Waals surface area contributed by atoms with E-state index in [1.807, 2.05) is 48.5 Å². The molecule has 0 bridgehead atoms. The molecular formula is C82H84F2O10S2. The van der Waals surface area contributed by atoms with Crippen molar-refractivity contribution in [2.45, 2.75) is 140 Å². The van der Waals surface area contributed by atoms with Gasteiger partial charge >= 0.3 is 23.9 Å². The van der Waals surface area contributed by atoms with E-state index < -0.39 is 0 Å². The molecule has 0 unspecified atom stereocenters. The summed E-state index contributed by atoms with van der Waals surface area (Å²) in [7, 11) is 0. The Morgan fingerprint density at radius 3 is 1.02 bits per heavy atom. The van der Waals surface area contributed by atoms with Gasteiger partial charge in [-0.15, -0.1) is 22.7 Å². The highest BCUT2D eigenvalue weighted by atomic mass is 32.1. The number of unbranched alkanes of at least 4 members (excludes halogenated alkanes) is 10. The molecule has 96 heavy (non-hydrogen) atoms. The van der Waals surface area contributed by atoms with E-state index in [1.165, 1.54) is 70.2 Å². The van der Waals surface area contributed by atoms with Crippen LogP contribution in [0.3, 0.4) is 0 Å².